The van der Waals surface area contributed by atoms with Crippen LogP contribution < -0.4 is 9.64 Å². The van der Waals surface area contributed by atoms with Gasteiger partial charge in [0.1, 0.15) is 22.9 Å². The van der Waals surface area contributed by atoms with Crippen molar-refractivity contribution in [3.8, 4) is 5.75 Å². The highest BCUT2D eigenvalue weighted by molar-refractivity contribution is 5.97. The van der Waals surface area contributed by atoms with Gasteiger partial charge in [-0.3, -0.25) is 24.1 Å². The maximum Gasteiger partial charge on any atom is 0.344 e. The lowest BCUT2D eigenvalue weighted by atomic mass is 9.47. The molecule has 2 N–H and O–H groups in total. The maximum atomic E-state index is 15.4. The number of para-hydroxylation sites is 1. The molecule has 6 aliphatic heterocycles. The molecule has 4 fully saturated rings. The molecule has 1 saturated carbocycles. The van der Waals surface area contributed by atoms with Crippen molar-refractivity contribution in [2.75, 3.05) is 52.4 Å². The Bertz CT molecular complexity index is 2450. The second-order valence-corrected chi connectivity index (χ2v) is 18.0. The SMILES string of the molecule is CCC12CN3CCc4c([nH]c5ccccc45)C(C(=O)OC)(c4cc5c(cc4OC)N(C=O)C4C(O)(C(=O)OC)C(OC(C)=O)C6(CC)C=CCN7CCC54C76)CC(C3=O)C1O2. The Kier molecular flexibility index (Phi) is 8.74. The number of amides is 2. The van der Waals surface area contributed by atoms with Gasteiger partial charge in [-0.1, -0.05) is 44.2 Å². The molecular weight excluding hydrogens is 785 g/mol. The number of nitrogens with one attached hydrogen (secondary N) is 1. The molecule has 1 spiro atoms. The third-order valence-electron chi connectivity index (χ3n) is 15.9. The molecule has 15 nitrogen and oxygen atoms in total. The van der Waals surface area contributed by atoms with Crippen molar-refractivity contribution in [1.82, 2.24) is 14.8 Å². The summed E-state index contributed by atoms with van der Waals surface area (Å²) in [6.07, 6.45) is 4.47. The van der Waals surface area contributed by atoms with E-state index in [1.165, 1.54) is 26.0 Å². The van der Waals surface area contributed by atoms with Gasteiger partial charge in [0.15, 0.2) is 6.10 Å². The summed E-state index contributed by atoms with van der Waals surface area (Å²) in [6, 6.07) is 9.61. The standard InChI is InChI=1S/C46H52N4O11/c1-7-42-15-11-17-48-19-16-44(37(42)48)29-20-30(33(57-4)21-32(29)50(24-51)38(44)46(56,41(55)59-6)39(42)60-25(3)52)45(40(54)58-5)22-28-35-43(8-2,61-35)23-49(36(28)53)18-14-27-26-12-9-10-13-31(26)47-34(27)45/h9-13,15,20-21,24,28,35,37-39,47,56H,7-8,14,16-19,22-23H2,1-6H3. The minimum absolute atomic E-state index is 0.0258. The monoisotopic (exact) mass is 836 g/mol. The summed E-state index contributed by atoms with van der Waals surface area (Å²) in [5.41, 5.74) is -3.51. The molecule has 3 aromatic rings. The summed E-state index contributed by atoms with van der Waals surface area (Å²) in [6.45, 7) is 7.15. The smallest absolute Gasteiger partial charge is 0.344 e. The van der Waals surface area contributed by atoms with Crippen molar-refractivity contribution >= 4 is 46.8 Å². The molecule has 15 heteroatoms. The van der Waals surface area contributed by atoms with E-state index in [4.69, 9.17) is 23.7 Å². The van der Waals surface area contributed by atoms with Crippen molar-refractivity contribution in [3.05, 3.63) is 70.9 Å². The van der Waals surface area contributed by atoms with Crippen molar-refractivity contribution in [1.29, 1.82) is 0 Å². The first-order chi connectivity index (χ1) is 29.3. The number of anilines is 1. The minimum Gasteiger partial charge on any atom is -0.496 e. The molecule has 3 saturated heterocycles. The number of carbonyl (C=O) groups excluding carboxylic acids is 5. The molecule has 2 aromatic carbocycles. The van der Waals surface area contributed by atoms with Crippen LogP contribution in [0.25, 0.3) is 10.9 Å². The second-order valence-electron chi connectivity index (χ2n) is 18.0. The highest BCUT2D eigenvalue weighted by Gasteiger charge is 2.81. The lowest BCUT2D eigenvalue weighted by molar-refractivity contribution is -0.228. The molecular formula is C46H52N4O11. The van der Waals surface area contributed by atoms with Gasteiger partial charge in [0.2, 0.25) is 17.9 Å². The molecule has 10 rings (SSSR count). The quantitative estimate of drug-likeness (QED) is 0.112. The zero-order chi connectivity index (χ0) is 43.0. The summed E-state index contributed by atoms with van der Waals surface area (Å²) in [5, 5.41) is 14.2. The lowest BCUT2D eigenvalue weighted by Crippen LogP contribution is -2.81. The van der Waals surface area contributed by atoms with E-state index in [2.05, 4.69) is 16.8 Å². The van der Waals surface area contributed by atoms with E-state index in [1.807, 2.05) is 54.3 Å². The van der Waals surface area contributed by atoms with Gasteiger partial charge in [0.25, 0.3) is 0 Å². The molecule has 2 amide bonds. The van der Waals surface area contributed by atoms with E-state index in [0.29, 0.717) is 80.8 Å². The summed E-state index contributed by atoms with van der Waals surface area (Å²) >= 11 is 0. The van der Waals surface area contributed by atoms with Crippen LogP contribution in [0.3, 0.4) is 0 Å². The number of aromatic amines is 1. The lowest BCUT2D eigenvalue weighted by Gasteiger charge is -2.63. The van der Waals surface area contributed by atoms with Gasteiger partial charge in [-0.15, -0.1) is 0 Å². The molecule has 61 heavy (non-hydrogen) atoms. The number of piperidine rings is 1. The van der Waals surface area contributed by atoms with Crippen LogP contribution in [0.1, 0.15) is 68.8 Å². The van der Waals surface area contributed by atoms with E-state index in [1.54, 1.807) is 6.07 Å². The number of rotatable bonds is 8. The molecule has 10 unspecified atom stereocenters. The Morgan fingerprint density at radius 2 is 1.79 bits per heavy atom. The van der Waals surface area contributed by atoms with Crippen LogP contribution in [0, 0.1) is 11.3 Å². The fourth-order valence-electron chi connectivity index (χ4n) is 13.5. The first-order valence-corrected chi connectivity index (χ1v) is 21.3. The number of carbonyl (C=O) groups is 5. The number of ether oxygens (including phenoxy) is 5. The maximum absolute atomic E-state index is 15.4. The second kappa shape index (κ2) is 13.4. The molecule has 7 heterocycles. The number of hydrogen-bond donors (Lipinski definition) is 2. The number of nitrogens with zero attached hydrogens (tertiary/aromatic N) is 3. The van der Waals surface area contributed by atoms with Gasteiger partial charge in [-0.25, -0.2) is 4.79 Å². The number of esters is 3. The number of benzene rings is 2. The minimum atomic E-state index is -2.56. The highest BCUT2D eigenvalue weighted by Crippen LogP contribution is 2.68. The van der Waals surface area contributed by atoms with Gasteiger partial charge < -0.3 is 43.6 Å². The summed E-state index contributed by atoms with van der Waals surface area (Å²) < 4.78 is 30.1. The normalized spacial score (nSPS) is 36.6. The van der Waals surface area contributed by atoms with Crippen LogP contribution in [0.4, 0.5) is 5.69 Å². The molecule has 2 bridgehead atoms. The molecule has 10 atom stereocenters. The molecule has 322 valence electrons. The number of H-pyrrole nitrogens is 1. The number of fused-ring (bicyclic) bond motifs is 8. The van der Waals surface area contributed by atoms with Gasteiger partial charge in [0, 0.05) is 65.1 Å². The largest absolute Gasteiger partial charge is 0.496 e. The van der Waals surface area contributed by atoms with Gasteiger partial charge in [-0.05, 0) is 61.9 Å². The van der Waals surface area contributed by atoms with Crippen LogP contribution in [-0.2, 0) is 60.2 Å². The van der Waals surface area contributed by atoms with Gasteiger partial charge >= 0.3 is 17.9 Å². The van der Waals surface area contributed by atoms with Crippen molar-refractivity contribution in [2.24, 2.45) is 11.3 Å². The van der Waals surface area contributed by atoms with Crippen LogP contribution in [0.2, 0.25) is 0 Å². The first-order valence-electron chi connectivity index (χ1n) is 21.3. The van der Waals surface area contributed by atoms with Crippen LogP contribution >= 0.6 is 0 Å². The van der Waals surface area contributed by atoms with E-state index in [0.717, 1.165) is 23.6 Å². The average Bonchev–Trinajstić information content (AvgIpc) is 3.52. The molecule has 0 radical (unpaired) electrons. The van der Waals surface area contributed by atoms with Crippen molar-refractivity contribution < 1.29 is 52.8 Å². The predicted octanol–water partition coefficient (Wildman–Crippen LogP) is 3.06. The summed E-state index contributed by atoms with van der Waals surface area (Å²) in [5.74, 6) is -2.97. The first kappa shape index (κ1) is 39.9. The summed E-state index contributed by atoms with van der Waals surface area (Å²) in [7, 11) is 3.98. The Morgan fingerprint density at radius 1 is 1.02 bits per heavy atom. The van der Waals surface area contributed by atoms with Gasteiger partial charge in [-0.2, -0.15) is 0 Å². The topological polar surface area (TPSA) is 181 Å². The highest BCUT2D eigenvalue weighted by atomic mass is 16.6. The predicted molar refractivity (Wildman–Crippen MR) is 219 cm³/mol. The Morgan fingerprint density at radius 3 is 2.48 bits per heavy atom. The number of hydrogen-bond acceptors (Lipinski definition) is 12. The number of aromatic nitrogens is 1. The fraction of sp³-hybridized carbons (Fsp3) is 0.543. The third kappa shape index (κ3) is 4.77. The summed E-state index contributed by atoms with van der Waals surface area (Å²) in [4.78, 5) is 80.4. The van der Waals surface area contributed by atoms with Crippen LogP contribution in [-0.4, -0.2) is 133 Å². The van der Waals surface area contributed by atoms with E-state index < -0.39 is 75.6 Å². The Labute approximate surface area is 353 Å². The number of aliphatic hydroxyl groups is 1. The van der Waals surface area contributed by atoms with Crippen molar-refractivity contribution in [3.63, 3.8) is 0 Å². The number of epoxide rings is 1. The third-order valence-corrected chi connectivity index (χ3v) is 15.9. The van der Waals surface area contributed by atoms with Gasteiger partial charge in [0.05, 0.1) is 45.5 Å². The zero-order valence-corrected chi connectivity index (χ0v) is 35.3. The molecule has 1 aromatic heterocycles. The van der Waals surface area contributed by atoms with E-state index in [9.17, 15) is 24.3 Å². The average molecular weight is 837 g/mol. The molecule has 7 aliphatic rings. The van der Waals surface area contributed by atoms with E-state index in [-0.39, 0.29) is 18.1 Å². The fourth-order valence-corrected chi connectivity index (χ4v) is 13.5. The Hall–Kier alpha value is -5.25. The van der Waals surface area contributed by atoms with Crippen LogP contribution in [0.15, 0.2) is 48.6 Å². The number of methoxy groups -OCH3 is 3. The van der Waals surface area contributed by atoms with E-state index >= 15 is 4.79 Å². The zero-order valence-electron chi connectivity index (χ0n) is 35.3. The van der Waals surface area contributed by atoms with Crippen molar-refractivity contribution in [2.45, 2.75) is 99.2 Å². The van der Waals surface area contributed by atoms with Crippen LogP contribution in [0.5, 0.6) is 5.75 Å². The molecule has 1 aliphatic carbocycles. The Balaban J connectivity index is 1.30.